The Balaban J connectivity index is 1.92. The van der Waals surface area contributed by atoms with Gasteiger partial charge in [0.25, 0.3) is 0 Å². The van der Waals surface area contributed by atoms with Crippen LogP contribution in [0.1, 0.15) is 92.3 Å². The van der Waals surface area contributed by atoms with Gasteiger partial charge in [0.1, 0.15) is 42.3 Å². The van der Waals surface area contributed by atoms with Gasteiger partial charge in [-0.25, -0.2) is 9.78 Å². The van der Waals surface area contributed by atoms with Crippen molar-refractivity contribution in [1.82, 2.24) is 57.5 Å². The third-order valence-corrected chi connectivity index (χ3v) is 12.3. The van der Waals surface area contributed by atoms with Gasteiger partial charge >= 0.3 is 17.9 Å². The quantitative estimate of drug-likeness (QED) is 0.0366. The fourth-order valence-corrected chi connectivity index (χ4v) is 7.62. The number of benzene rings is 1. The maximum absolute atomic E-state index is 14.4. The van der Waals surface area contributed by atoms with Crippen molar-refractivity contribution < 1.29 is 68.1 Å². The lowest BCUT2D eigenvalue weighted by atomic mass is 9.96. The lowest BCUT2D eigenvalue weighted by molar-refractivity contribution is -0.143. The summed E-state index contributed by atoms with van der Waals surface area (Å²) in [5.41, 5.74) is 7.52. The van der Waals surface area contributed by atoms with E-state index in [2.05, 4.69) is 57.5 Å². The van der Waals surface area contributed by atoms with Gasteiger partial charge in [0.15, 0.2) is 0 Å². The fourth-order valence-electron chi connectivity index (χ4n) is 7.62. The molecule has 0 aliphatic carbocycles. The number of rotatable bonds is 31. The van der Waals surface area contributed by atoms with Gasteiger partial charge in [0.2, 0.25) is 47.3 Å². The summed E-state index contributed by atoms with van der Waals surface area (Å²) in [5, 5.41) is 49.3. The molecule has 0 spiro atoms. The molecule has 1 aromatic carbocycles. The zero-order chi connectivity index (χ0) is 56.3. The normalized spacial score (nSPS) is 14.9. The molecule has 0 saturated heterocycles. The Morgan fingerprint density at radius 3 is 1.65 bits per heavy atom. The van der Waals surface area contributed by atoms with Crippen LogP contribution in [0.2, 0.25) is 0 Å². The van der Waals surface area contributed by atoms with Gasteiger partial charge in [-0.05, 0) is 35.3 Å². The van der Waals surface area contributed by atoms with Crippen LogP contribution in [-0.2, 0) is 65.6 Å². The summed E-state index contributed by atoms with van der Waals surface area (Å²) in [6.45, 7) is 12.7. The van der Waals surface area contributed by atoms with Gasteiger partial charge in [-0.1, -0.05) is 80.0 Å². The van der Waals surface area contributed by atoms with Gasteiger partial charge in [-0.3, -0.25) is 47.9 Å². The predicted molar refractivity (Wildman–Crippen MR) is 270 cm³/mol. The number of nitrogens with one attached hydrogen (secondary N) is 10. The van der Waals surface area contributed by atoms with Crippen LogP contribution in [0.4, 0.5) is 0 Å². The highest BCUT2D eigenvalue weighted by atomic mass is 16.4. The lowest BCUT2D eigenvalue weighted by Crippen LogP contribution is -2.62. The topological polar surface area (TPSA) is 415 Å². The molecule has 0 radical (unpaired) electrons. The molecule has 26 nitrogen and oxygen atoms in total. The van der Waals surface area contributed by atoms with Crippen molar-refractivity contribution in [3.05, 3.63) is 54.2 Å². The second-order valence-electron chi connectivity index (χ2n) is 19.3. The number of H-pyrrole nitrogens is 2. The number of fused-ring (bicyclic) bond motifs is 1. The zero-order valence-electron chi connectivity index (χ0n) is 43.3. The average Bonchev–Trinajstić information content (AvgIpc) is 4.01. The van der Waals surface area contributed by atoms with Crippen LogP contribution in [0.25, 0.3) is 10.9 Å². The number of hydrogen-bond donors (Lipinski definition) is 14. The van der Waals surface area contributed by atoms with E-state index in [1.54, 1.807) is 85.9 Å². The van der Waals surface area contributed by atoms with Gasteiger partial charge < -0.3 is 73.6 Å². The molecule has 0 unspecified atom stereocenters. The number of amides is 8. The van der Waals surface area contributed by atoms with Gasteiger partial charge in [-0.2, -0.15) is 0 Å². The largest absolute Gasteiger partial charge is 0.481 e. The summed E-state index contributed by atoms with van der Waals surface area (Å²) in [5.74, 6) is -13.5. The monoisotopic (exact) mass is 1050 g/mol. The van der Waals surface area contributed by atoms with Crippen molar-refractivity contribution in [3.8, 4) is 0 Å². The molecule has 2 aromatic heterocycles. The summed E-state index contributed by atoms with van der Waals surface area (Å²) >= 11 is 0. The minimum Gasteiger partial charge on any atom is -0.481 e. The van der Waals surface area contributed by atoms with E-state index in [1.807, 2.05) is 0 Å². The zero-order valence-corrected chi connectivity index (χ0v) is 43.3. The molecule has 26 heteroatoms. The van der Waals surface area contributed by atoms with Crippen LogP contribution in [-0.4, -0.2) is 150 Å². The smallest absolute Gasteiger partial charge is 0.326 e. The fraction of sp³-hybridized carbons (Fsp3) is 0.551. The van der Waals surface area contributed by atoms with Crippen molar-refractivity contribution in [3.63, 3.8) is 0 Å². The first-order valence-electron chi connectivity index (χ1n) is 24.6. The van der Waals surface area contributed by atoms with Crippen LogP contribution >= 0.6 is 0 Å². The van der Waals surface area contributed by atoms with Crippen molar-refractivity contribution in [2.75, 3.05) is 6.54 Å². The molecule has 412 valence electrons. The Labute approximate surface area is 433 Å². The lowest BCUT2D eigenvalue weighted by Gasteiger charge is -2.30. The number of para-hydroxylation sites is 1. The molecular formula is C49H72N12O14. The standard InChI is InChI=1S/C49H72N12O14/c1-9-26(8)41(61-45(70)34(19-37(65)66)56-46(71)38(50)23(2)3)48(73)58-32(17-28-21-51-22-54-28)44(69)60-39(24(4)5)47(72)57-31(16-27-20-53-30-13-11-10-12-29(27)30)43(68)55-33(18-36(63)64)42(67)52-15-14-35(62)59-40(25(6)7)49(74)75/h10-13,20-26,31-34,38-41,53H,9,14-19,50H2,1-8H3,(H,51,54)(H,52,67)(H,55,68)(H,56,71)(H,57,72)(H,58,73)(H,59,62)(H,60,69)(H,61,70)(H,63,64)(H,65,66)(H,74,75)/t26-,31-,32-,33-,34-,38-,39-,40-,41-/m0/s1. The number of carboxylic acid groups (broad SMARTS) is 3. The van der Waals surface area contributed by atoms with E-state index in [9.17, 15) is 68.1 Å². The highest BCUT2D eigenvalue weighted by Crippen LogP contribution is 2.20. The number of carboxylic acids is 3. The molecule has 0 aliphatic heterocycles. The highest BCUT2D eigenvalue weighted by molar-refractivity contribution is 5.99. The minimum absolute atomic E-state index is 0.217. The maximum Gasteiger partial charge on any atom is 0.326 e. The van der Waals surface area contributed by atoms with Crippen LogP contribution < -0.4 is 48.3 Å². The van der Waals surface area contributed by atoms with E-state index in [1.165, 1.54) is 12.5 Å². The molecule has 0 fully saturated rings. The summed E-state index contributed by atoms with van der Waals surface area (Å²) in [4.78, 5) is 155. The molecule has 15 N–H and O–H groups in total. The Bertz CT molecular complexity index is 2490. The second kappa shape index (κ2) is 29.1. The number of nitrogens with two attached hydrogens (primary N) is 1. The third-order valence-electron chi connectivity index (χ3n) is 12.3. The molecule has 3 aromatic rings. The van der Waals surface area contributed by atoms with E-state index < -0.39 is 144 Å². The Morgan fingerprint density at radius 1 is 0.587 bits per heavy atom. The summed E-state index contributed by atoms with van der Waals surface area (Å²) in [6, 6.07) is -4.39. The SMILES string of the molecule is CC[C@H](C)[C@H](NC(=O)[C@H](CC(=O)O)NC(=O)[C@@H](N)C(C)C)C(=O)N[C@@H](Cc1cnc[nH]1)C(=O)N[C@H](C(=O)N[C@@H](Cc1c[nH]c2ccccc12)C(=O)N[C@@H](CC(=O)O)C(=O)NCCC(=O)N[C@H](C(=O)O)C(C)C)C(C)C. The number of imidazole rings is 1. The van der Waals surface area contributed by atoms with E-state index >= 15 is 0 Å². The number of aliphatic carboxylic acids is 3. The number of carbonyl (C=O) groups is 11. The number of hydrogen-bond acceptors (Lipinski definition) is 13. The van der Waals surface area contributed by atoms with Crippen LogP contribution in [0.15, 0.2) is 43.0 Å². The summed E-state index contributed by atoms with van der Waals surface area (Å²) in [6.07, 6.45) is 2.03. The third kappa shape index (κ3) is 19.1. The molecule has 8 amide bonds. The Hall–Kier alpha value is -7.90. The van der Waals surface area contributed by atoms with Crippen molar-refractivity contribution in [1.29, 1.82) is 0 Å². The van der Waals surface area contributed by atoms with E-state index in [-0.39, 0.29) is 31.7 Å². The molecular weight excluding hydrogens is 981 g/mol. The van der Waals surface area contributed by atoms with Gasteiger partial charge in [0.05, 0.1) is 25.2 Å². The molecule has 3 rings (SSSR count). The molecule has 75 heavy (non-hydrogen) atoms. The Kier molecular flexibility index (Phi) is 23.8. The molecule has 0 bridgehead atoms. The first-order chi connectivity index (χ1) is 35.2. The highest BCUT2D eigenvalue weighted by Gasteiger charge is 2.37. The van der Waals surface area contributed by atoms with E-state index in [0.29, 0.717) is 28.6 Å². The first-order valence-corrected chi connectivity index (χ1v) is 24.6. The molecule has 0 aliphatic rings. The number of aromatic amines is 2. The predicted octanol–water partition coefficient (Wildman–Crippen LogP) is -1.05. The molecule has 2 heterocycles. The van der Waals surface area contributed by atoms with E-state index in [4.69, 9.17) is 5.73 Å². The summed E-state index contributed by atoms with van der Waals surface area (Å²) < 4.78 is 0. The van der Waals surface area contributed by atoms with E-state index in [0.717, 1.165) is 0 Å². The van der Waals surface area contributed by atoms with Gasteiger partial charge in [0, 0.05) is 54.8 Å². The molecule has 0 saturated carbocycles. The van der Waals surface area contributed by atoms with Crippen molar-refractivity contribution in [2.24, 2.45) is 29.4 Å². The summed E-state index contributed by atoms with van der Waals surface area (Å²) in [7, 11) is 0. The Morgan fingerprint density at radius 2 is 1.11 bits per heavy atom. The van der Waals surface area contributed by atoms with Crippen molar-refractivity contribution in [2.45, 2.75) is 142 Å². The first kappa shape index (κ1) is 61.4. The van der Waals surface area contributed by atoms with Crippen LogP contribution in [0, 0.1) is 23.7 Å². The van der Waals surface area contributed by atoms with Gasteiger partial charge in [-0.15, -0.1) is 0 Å². The van der Waals surface area contributed by atoms with Crippen LogP contribution in [0.3, 0.4) is 0 Å². The number of nitrogens with zero attached hydrogens (tertiary/aromatic N) is 1. The average molecular weight is 1050 g/mol. The van der Waals surface area contributed by atoms with Crippen molar-refractivity contribution >= 4 is 76.1 Å². The maximum atomic E-state index is 14.4. The second-order valence-corrected chi connectivity index (χ2v) is 19.3. The number of aromatic nitrogens is 3. The van der Waals surface area contributed by atoms with Crippen LogP contribution in [0.5, 0.6) is 0 Å². The minimum atomic E-state index is -1.73. The molecule has 9 atom stereocenters. The number of carbonyl (C=O) groups excluding carboxylic acids is 8.